The van der Waals surface area contributed by atoms with Crippen LogP contribution in [-0.4, -0.2) is 25.8 Å². The molecule has 1 aromatic carbocycles. The normalized spacial score (nSPS) is 15.8. The Bertz CT molecular complexity index is 1350. The van der Waals surface area contributed by atoms with Crippen LogP contribution in [0.5, 0.6) is 0 Å². The third-order valence-electron chi connectivity index (χ3n) is 5.90. The minimum atomic E-state index is -1.22. The third kappa shape index (κ3) is 2.62. The molecule has 0 radical (unpaired) electrons. The van der Waals surface area contributed by atoms with Crippen molar-refractivity contribution < 1.29 is 14.3 Å². The van der Waals surface area contributed by atoms with Crippen molar-refractivity contribution >= 4 is 16.9 Å². The number of hydrogen-bond acceptors (Lipinski definition) is 4. The number of hydrogen-bond donors (Lipinski definition) is 2. The molecule has 0 bridgehead atoms. The van der Waals surface area contributed by atoms with Crippen LogP contribution in [0, 0.1) is 5.41 Å². The van der Waals surface area contributed by atoms with Crippen molar-refractivity contribution in [1.29, 1.82) is 0 Å². The van der Waals surface area contributed by atoms with E-state index in [-0.39, 0.29) is 17.0 Å². The van der Waals surface area contributed by atoms with E-state index in [1.54, 1.807) is 6.20 Å². The predicted octanol–water partition coefficient (Wildman–Crippen LogP) is 4.49. The number of nitrogens with zero attached hydrogens (tertiary/aromatic N) is 2. The highest BCUT2D eigenvalue weighted by Gasteiger charge is 2.36. The zero-order chi connectivity index (χ0) is 21.2. The fourth-order valence-corrected chi connectivity index (χ4v) is 4.37. The van der Waals surface area contributed by atoms with Gasteiger partial charge in [-0.25, -0.2) is 4.79 Å². The Balaban J connectivity index is 1.84. The summed E-state index contributed by atoms with van der Waals surface area (Å²) in [5, 5.41) is 17.3. The second kappa shape index (κ2) is 6.19. The number of aromatic nitrogens is 3. The number of rotatable bonds is 2. The lowest BCUT2D eigenvalue weighted by Gasteiger charge is -2.37. The van der Waals surface area contributed by atoms with Gasteiger partial charge in [-0.1, -0.05) is 39.0 Å². The first-order valence-corrected chi connectivity index (χ1v) is 9.79. The molecular formula is C23H21N3O4. The Morgan fingerprint density at radius 1 is 1.33 bits per heavy atom. The molecule has 0 fully saturated rings. The number of nitrogens with one attached hydrogen (secondary N) is 1. The first kappa shape index (κ1) is 18.4. The molecule has 0 saturated heterocycles. The van der Waals surface area contributed by atoms with Crippen molar-refractivity contribution in [3.63, 3.8) is 0 Å². The van der Waals surface area contributed by atoms with E-state index < -0.39 is 11.4 Å². The zero-order valence-corrected chi connectivity index (χ0v) is 16.9. The molecule has 4 heterocycles. The van der Waals surface area contributed by atoms with Crippen LogP contribution in [0.4, 0.5) is 0 Å². The maximum Gasteiger partial charge on any atom is 0.341 e. The van der Waals surface area contributed by atoms with Crippen LogP contribution in [0.1, 0.15) is 42.7 Å². The summed E-state index contributed by atoms with van der Waals surface area (Å²) in [7, 11) is 0. The molecule has 7 heteroatoms. The molecule has 30 heavy (non-hydrogen) atoms. The quantitative estimate of drug-likeness (QED) is 0.513. The lowest BCUT2D eigenvalue weighted by Crippen LogP contribution is -2.32. The molecule has 5 rings (SSSR count). The molecule has 3 aromatic heterocycles. The monoisotopic (exact) mass is 403 g/mol. The summed E-state index contributed by atoms with van der Waals surface area (Å²) < 4.78 is 8.24. The molecule has 1 aliphatic rings. The SMILES string of the molecule is CC(C)(C)[C@@H]1Cc2c(oc3c(-c4cn[nH]c4)cccc23)-c2cc(=O)c(C(=O)O)cn21. The molecule has 0 aliphatic carbocycles. The summed E-state index contributed by atoms with van der Waals surface area (Å²) in [4.78, 5) is 24.1. The van der Waals surface area contributed by atoms with Crippen molar-refractivity contribution in [1.82, 2.24) is 14.8 Å². The van der Waals surface area contributed by atoms with E-state index in [4.69, 9.17) is 4.42 Å². The van der Waals surface area contributed by atoms with E-state index in [9.17, 15) is 14.7 Å². The summed E-state index contributed by atoms with van der Waals surface area (Å²) >= 11 is 0. The van der Waals surface area contributed by atoms with Gasteiger partial charge in [0.15, 0.2) is 11.2 Å². The van der Waals surface area contributed by atoms with Crippen LogP contribution < -0.4 is 5.43 Å². The van der Waals surface area contributed by atoms with Gasteiger partial charge in [0.2, 0.25) is 0 Å². The van der Waals surface area contributed by atoms with Crippen LogP contribution >= 0.6 is 0 Å². The molecule has 0 spiro atoms. The van der Waals surface area contributed by atoms with Crippen LogP contribution in [0.15, 0.2) is 52.1 Å². The van der Waals surface area contributed by atoms with E-state index >= 15 is 0 Å². The average Bonchev–Trinajstić information content (AvgIpc) is 3.33. The fraction of sp³-hybridized carbons (Fsp3) is 0.261. The highest BCUT2D eigenvalue weighted by atomic mass is 16.4. The number of fused-ring (bicyclic) bond motifs is 5. The number of para-hydroxylation sites is 1. The molecule has 152 valence electrons. The van der Waals surface area contributed by atoms with Crippen molar-refractivity contribution in [2.75, 3.05) is 0 Å². The van der Waals surface area contributed by atoms with Crippen LogP contribution in [0.2, 0.25) is 0 Å². The largest absolute Gasteiger partial charge is 0.477 e. The van der Waals surface area contributed by atoms with Crippen molar-refractivity contribution in [3.05, 3.63) is 64.2 Å². The third-order valence-corrected chi connectivity index (χ3v) is 5.90. The molecular weight excluding hydrogens is 382 g/mol. The van der Waals surface area contributed by atoms with Gasteiger partial charge in [0.25, 0.3) is 0 Å². The lowest BCUT2D eigenvalue weighted by molar-refractivity contribution is 0.0693. The fourth-order valence-electron chi connectivity index (χ4n) is 4.37. The van der Waals surface area contributed by atoms with E-state index in [1.807, 2.05) is 29.0 Å². The number of benzene rings is 1. The molecule has 0 amide bonds. The Kier molecular flexibility index (Phi) is 3.80. The molecule has 1 aliphatic heterocycles. The number of carboxylic acids is 1. The molecule has 0 unspecified atom stereocenters. The van der Waals surface area contributed by atoms with Crippen LogP contribution in [0.3, 0.4) is 0 Å². The van der Waals surface area contributed by atoms with Gasteiger partial charge in [-0.15, -0.1) is 0 Å². The standard InChI is InChI=1S/C23H21N3O4/c1-23(2,3)19-7-15-14-6-4-5-13(12-9-24-25-10-12)20(14)30-21(15)17-8-18(27)16(22(28)29)11-26(17)19/h4-6,8-11,19H,7H2,1-3H3,(H,24,25)(H,28,29)/t19-/m0/s1. The minimum absolute atomic E-state index is 0.0305. The molecule has 1 atom stereocenters. The smallest absolute Gasteiger partial charge is 0.341 e. The van der Waals surface area contributed by atoms with Gasteiger partial charge < -0.3 is 14.1 Å². The highest BCUT2D eigenvalue weighted by molar-refractivity contribution is 5.98. The van der Waals surface area contributed by atoms with Crippen LogP contribution in [0.25, 0.3) is 33.6 Å². The minimum Gasteiger partial charge on any atom is -0.477 e. The molecule has 2 N–H and O–H groups in total. The zero-order valence-electron chi connectivity index (χ0n) is 16.9. The highest BCUT2D eigenvalue weighted by Crippen LogP contribution is 2.47. The number of pyridine rings is 1. The maximum absolute atomic E-state index is 12.5. The lowest BCUT2D eigenvalue weighted by atomic mass is 9.79. The van der Waals surface area contributed by atoms with Crippen molar-refractivity contribution in [3.8, 4) is 22.6 Å². The summed E-state index contributed by atoms with van der Waals surface area (Å²) in [6.07, 6.45) is 5.69. The predicted molar refractivity (Wildman–Crippen MR) is 113 cm³/mol. The summed E-state index contributed by atoms with van der Waals surface area (Å²) in [6.45, 7) is 6.35. The van der Waals surface area contributed by atoms with E-state index in [0.29, 0.717) is 17.9 Å². The number of carbonyl (C=O) groups is 1. The summed E-state index contributed by atoms with van der Waals surface area (Å²) in [6, 6.07) is 7.35. The van der Waals surface area contributed by atoms with Gasteiger partial charge in [0, 0.05) is 46.6 Å². The van der Waals surface area contributed by atoms with Gasteiger partial charge in [-0.3, -0.25) is 9.89 Å². The van der Waals surface area contributed by atoms with Gasteiger partial charge in [-0.2, -0.15) is 5.10 Å². The summed E-state index contributed by atoms with van der Waals surface area (Å²) in [5.74, 6) is -0.601. The van der Waals surface area contributed by atoms with Gasteiger partial charge in [0.05, 0.1) is 11.9 Å². The molecule has 7 nitrogen and oxygen atoms in total. The van der Waals surface area contributed by atoms with E-state index in [2.05, 4.69) is 31.0 Å². The van der Waals surface area contributed by atoms with Crippen molar-refractivity contribution in [2.45, 2.75) is 33.2 Å². The van der Waals surface area contributed by atoms with Crippen LogP contribution in [-0.2, 0) is 6.42 Å². The maximum atomic E-state index is 12.5. The number of aromatic carboxylic acids is 1. The average molecular weight is 403 g/mol. The van der Waals surface area contributed by atoms with Crippen molar-refractivity contribution in [2.24, 2.45) is 5.41 Å². The number of furan rings is 1. The van der Waals surface area contributed by atoms with Gasteiger partial charge >= 0.3 is 5.97 Å². The van der Waals surface area contributed by atoms with Gasteiger partial charge in [0.1, 0.15) is 11.1 Å². The molecule has 4 aromatic rings. The Hall–Kier alpha value is -3.61. The Morgan fingerprint density at radius 3 is 2.80 bits per heavy atom. The number of carboxylic acid groups (broad SMARTS) is 1. The first-order valence-electron chi connectivity index (χ1n) is 9.79. The number of H-pyrrole nitrogens is 1. The van der Waals surface area contributed by atoms with E-state index in [0.717, 1.165) is 27.7 Å². The molecule has 0 saturated carbocycles. The van der Waals surface area contributed by atoms with E-state index in [1.165, 1.54) is 12.3 Å². The second-order valence-electron chi connectivity index (χ2n) is 8.81. The topological polar surface area (TPSA) is 101 Å². The number of aromatic amines is 1. The Labute approximate surface area is 172 Å². The first-order chi connectivity index (χ1) is 14.3. The van der Waals surface area contributed by atoms with Gasteiger partial charge in [-0.05, 0) is 11.8 Å². The summed E-state index contributed by atoms with van der Waals surface area (Å²) in [5.41, 5.74) is 3.30. The second-order valence-corrected chi connectivity index (χ2v) is 8.81. The Morgan fingerprint density at radius 2 is 2.13 bits per heavy atom.